The molecule has 1 amide bonds. The lowest BCUT2D eigenvalue weighted by Gasteiger charge is -2.19. The van der Waals surface area contributed by atoms with Crippen LogP contribution in [0, 0.1) is 6.92 Å². The number of imidazole rings is 1. The Morgan fingerprint density at radius 3 is 3.00 bits per heavy atom. The van der Waals surface area contributed by atoms with Crippen LogP contribution in [0.1, 0.15) is 12.0 Å². The van der Waals surface area contributed by atoms with Crippen LogP contribution in [0.3, 0.4) is 0 Å². The van der Waals surface area contributed by atoms with E-state index >= 15 is 0 Å². The Bertz CT molecular complexity index is 1320. The fourth-order valence-corrected chi connectivity index (χ4v) is 4.70. The summed E-state index contributed by atoms with van der Waals surface area (Å²) in [6, 6.07) is 14.1. The summed E-state index contributed by atoms with van der Waals surface area (Å²) < 4.78 is 9.84. The minimum Gasteiger partial charge on any atom is -0.482 e. The number of anilines is 1. The number of aromatic nitrogens is 3. The van der Waals surface area contributed by atoms with E-state index in [1.165, 1.54) is 5.56 Å². The summed E-state index contributed by atoms with van der Waals surface area (Å²) in [5.74, 6) is 0.559. The van der Waals surface area contributed by atoms with Crippen LogP contribution in [0.5, 0.6) is 5.75 Å². The maximum absolute atomic E-state index is 11.8. The molecule has 0 unspecified atom stereocenters. The van der Waals surface area contributed by atoms with Crippen molar-refractivity contribution in [3.63, 3.8) is 0 Å². The normalized spacial score (nSPS) is 13.5. The van der Waals surface area contributed by atoms with Crippen LogP contribution in [0.15, 0.2) is 71.6 Å². The zero-order valence-electron chi connectivity index (χ0n) is 17.7. The summed E-state index contributed by atoms with van der Waals surface area (Å²) in [5, 5.41) is 5.02. The number of ether oxygens (including phenoxy) is 1. The summed E-state index contributed by atoms with van der Waals surface area (Å²) >= 11 is 1.62. The quantitative estimate of drug-likeness (QED) is 0.479. The van der Waals surface area contributed by atoms with Gasteiger partial charge in [0.15, 0.2) is 11.4 Å². The Morgan fingerprint density at radius 1 is 1.22 bits per heavy atom. The van der Waals surface area contributed by atoms with E-state index in [9.17, 15) is 4.79 Å². The summed E-state index contributed by atoms with van der Waals surface area (Å²) in [7, 11) is 0. The number of hydrogen-bond donors (Lipinski definition) is 1. The number of nitrogens with zero attached hydrogens (tertiary/aromatic N) is 4. The van der Waals surface area contributed by atoms with Gasteiger partial charge in [0.05, 0.1) is 23.4 Å². The van der Waals surface area contributed by atoms with Gasteiger partial charge in [-0.1, -0.05) is 12.1 Å². The first-order valence-electron chi connectivity index (χ1n) is 10.5. The summed E-state index contributed by atoms with van der Waals surface area (Å²) in [6.07, 6.45) is 6.55. The molecular formula is C24H23N5O2S. The lowest BCUT2D eigenvalue weighted by molar-refractivity contribution is -0.118. The van der Waals surface area contributed by atoms with Crippen LogP contribution in [0.2, 0.25) is 0 Å². The van der Waals surface area contributed by atoms with E-state index in [0.717, 1.165) is 41.3 Å². The van der Waals surface area contributed by atoms with Crippen molar-refractivity contribution in [3.8, 4) is 17.0 Å². The number of amides is 1. The first-order valence-corrected chi connectivity index (χ1v) is 11.4. The van der Waals surface area contributed by atoms with Gasteiger partial charge in [-0.3, -0.25) is 4.79 Å². The van der Waals surface area contributed by atoms with Crippen molar-refractivity contribution in [3.05, 3.63) is 76.9 Å². The Balaban J connectivity index is 1.52. The van der Waals surface area contributed by atoms with Gasteiger partial charge in [-0.25, -0.2) is 9.98 Å². The molecule has 2 aromatic carbocycles. The van der Waals surface area contributed by atoms with E-state index in [4.69, 9.17) is 9.73 Å². The molecule has 1 aliphatic heterocycles. The molecule has 0 aliphatic carbocycles. The molecule has 0 spiro atoms. The van der Waals surface area contributed by atoms with Crippen LogP contribution in [0.4, 0.5) is 11.4 Å². The van der Waals surface area contributed by atoms with Crippen LogP contribution < -0.4 is 14.9 Å². The lowest BCUT2D eigenvalue weighted by atomic mass is 10.1. The Kier molecular flexibility index (Phi) is 5.60. The highest BCUT2D eigenvalue weighted by atomic mass is 32.1. The molecule has 32 heavy (non-hydrogen) atoms. The average molecular weight is 446 g/mol. The van der Waals surface area contributed by atoms with Crippen LogP contribution in [0.25, 0.3) is 11.3 Å². The molecule has 5 rings (SSSR count). The highest BCUT2D eigenvalue weighted by molar-refractivity contribution is 7.07. The van der Waals surface area contributed by atoms with Gasteiger partial charge in [0.1, 0.15) is 5.75 Å². The molecule has 0 saturated carbocycles. The third-order valence-electron chi connectivity index (χ3n) is 5.29. The van der Waals surface area contributed by atoms with Crippen molar-refractivity contribution >= 4 is 28.6 Å². The Labute approximate surface area is 189 Å². The lowest BCUT2D eigenvalue weighted by Crippen LogP contribution is -2.25. The van der Waals surface area contributed by atoms with Gasteiger partial charge in [0.25, 0.3) is 5.91 Å². The molecule has 0 saturated heterocycles. The van der Waals surface area contributed by atoms with E-state index < -0.39 is 0 Å². The van der Waals surface area contributed by atoms with E-state index in [0.29, 0.717) is 11.4 Å². The minimum absolute atomic E-state index is 0.0541. The van der Waals surface area contributed by atoms with E-state index in [1.807, 2.05) is 42.9 Å². The fraction of sp³-hybridized carbons (Fsp3) is 0.208. The van der Waals surface area contributed by atoms with Crippen molar-refractivity contribution in [2.75, 3.05) is 11.9 Å². The van der Waals surface area contributed by atoms with Gasteiger partial charge >= 0.3 is 0 Å². The topological polar surface area (TPSA) is 73.4 Å². The Hall–Kier alpha value is -3.65. The van der Waals surface area contributed by atoms with Crippen molar-refractivity contribution in [1.29, 1.82) is 0 Å². The molecule has 1 aliphatic rings. The van der Waals surface area contributed by atoms with Crippen molar-refractivity contribution in [2.24, 2.45) is 4.99 Å². The van der Waals surface area contributed by atoms with Crippen molar-refractivity contribution < 1.29 is 9.53 Å². The van der Waals surface area contributed by atoms with E-state index in [1.54, 1.807) is 17.5 Å². The number of rotatable bonds is 6. The van der Waals surface area contributed by atoms with Gasteiger partial charge in [-0.2, -0.15) is 0 Å². The van der Waals surface area contributed by atoms with Gasteiger partial charge in [0, 0.05) is 36.4 Å². The van der Waals surface area contributed by atoms with E-state index in [-0.39, 0.29) is 12.5 Å². The van der Waals surface area contributed by atoms with E-state index in [2.05, 4.69) is 43.9 Å². The third-order valence-corrected chi connectivity index (χ3v) is 6.15. The second kappa shape index (κ2) is 8.84. The molecule has 0 atom stereocenters. The molecule has 0 fully saturated rings. The number of fused-ring (bicyclic) bond motifs is 1. The molecule has 3 heterocycles. The average Bonchev–Trinajstić information content (AvgIpc) is 3.44. The zero-order valence-corrected chi connectivity index (χ0v) is 18.5. The minimum atomic E-state index is -0.136. The monoisotopic (exact) mass is 445 g/mol. The molecule has 7 nitrogen and oxygen atoms in total. The third kappa shape index (κ3) is 4.36. The van der Waals surface area contributed by atoms with Gasteiger partial charge in [0.2, 0.25) is 0 Å². The molecule has 0 radical (unpaired) electrons. The predicted molar refractivity (Wildman–Crippen MR) is 125 cm³/mol. The molecule has 1 N–H and O–H groups in total. The van der Waals surface area contributed by atoms with Crippen LogP contribution in [-0.4, -0.2) is 26.6 Å². The van der Waals surface area contributed by atoms with Crippen molar-refractivity contribution in [2.45, 2.75) is 26.4 Å². The number of benzene rings is 2. The van der Waals surface area contributed by atoms with Gasteiger partial charge in [-0.15, -0.1) is 11.3 Å². The second-order valence-electron chi connectivity index (χ2n) is 7.71. The molecular weight excluding hydrogens is 422 g/mol. The maximum Gasteiger partial charge on any atom is 0.262 e. The van der Waals surface area contributed by atoms with Crippen LogP contribution >= 0.6 is 11.3 Å². The number of hydrogen-bond acceptors (Lipinski definition) is 5. The van der Waals surface area contributed by atoms with Gasteiger partial charge in [-0.05, 0) is 49.2 Å². The first-order chi connectivity index (χ1) is 15.7. The molecule has 8 heteroatoms. The molecule has 162 valence electrons. The molecule has 4 aromatic rings. The highest BCUT2D eigenvalue weighted by Gasteiger charge is 2.18. The SMILES string of the molecule is Cc1cccc(N=c2scc(-c3ccc4c(c3)NC(=O)CO4)n2CCCn2ccnc2)c1. The van der Waals surface area contributed by atoms with Crippen LogP contribution in [-0.2, 0) is 17.9 Å². The predicted octanol–water partition coefficient (Wildman–Crippen LogP) is 4.38. The second-order valence-corrected chi connectivity index (χ2v) is 8.54. The number of nitrogens with one attached hydrogen (secondary N) is 1. The number of thiazole rings is 1. The largest absolute Gasteiger partial charge is 0.482 e. The number of carbonyl (C=O) groups is 1. The summed E-state index contributed by atoms with van der Waals surface area (Å²) in [4.78, 5) is 21.8. The van der Waals surface area contributed by atoms with Gasteiger partial charge < -0.3 is 19.2 Å². The first kappa shape index (κ1) is 20.3. The number of aryl methyl sites for hydroxylation is 2. The molecule has 0 bridgehead atoms. The molecule has 2 aromatic heterocycles. The fourth-order valence-electron chi connectivity index (χ4n) is 3.75. The highest BCUT2D eigenvalue weighted by Crippen LogP contribution is 2.33. The standard InChI is InChI=1S/C24H23N5O2S/c1-17-4-2-5-19(12-17)26-24-29(10-3-9-28-11-8-25-16-28)21(15-32-24)18-6-7-22-20(13-18)27-23(30)14-31-22/h2,4-8,11-13,15-16H,3,9-10,14H2,1H3,(H,27,30). The van der Waals surface area contributed by atoms with Crippen molar-refractivity contribution in [1.82, 2.24) is 14.1 Å². The smallest absolute Gasteiger partial charge is 0.262 e. The zero-order chi connectivity index (χ0) is 21.9. The number of carbonyl (C=O) groups excluding carboxylic acids is 1. The Morgan fingerprint density at radius 2 is 2.16 bits per heavy atom. The summed E-state index contributed by atoms with van der Waals surface area (Å²) in [6.45, 7) is 3.81. The maximum atomic E-state index is 11.8. The summed E-state index contributed by atoms with van der Waals surface area (Å²) in [5.41, 5.74) is 4.90.